The molecule has 7 nitrogen and oxygen atoms in total. The molecule has 0 radical (unpaired) electrons. The number of amides is 2. The quantitative estimate of drug-likeness (QED) is 0.324. The topological polar surface area (TPSA) is 100 Å². The van der Waals surface area contributed by atoms with Crippen LogP contribution in [0.5, 0.6) is 0 Å². The van der Waals surface area contributed by atoms with Crippen LogP contribution in [0, 0.1) is 0 Å². The number of carbonyl (C=O) groups is 3. The zero-order valence-corrected chi connectivity index (χ0v) is 21.7. The average molecular weight is 502 g/mol. The highest BCUT2D eigenvalue weighted by Gasteiger charge is 2.13. The zero-order valence-electron chi connectivity index (χ0n) is 21.7. The highest BCUT2D eigenvalue weighted by molar-refractivity contribution is 5.97. The Hall–Kier alpha value is -4.13. The number of carbonyl (C=O) groups excluding carboxylic acids is 2. The zero-order chi connectivity index (χ0) is 26.8. The predicted octanol–water partition coefficient (Wildman–Crippen LogP) is 5.02. The summed E-state index contributed by atoms with van der Waals surface area (Å²) in [5.41, 5.74) is 5.06. The molecule has 0 aliphatic carbocycles. The Morgan fingerprint density at radius 2 is 1.76 bits per heavy atom. The van der Waals surface area contributed by atoms with Gasteiger partial charge in [0, 0.05) is 24.8 Å². The van der Waals surface area contributed by atoms with E-state index in [4.69, 9.17) is 5.11 Å². The summed E-state index contributed by atoms with van der Waals surface area (Å²) in [7, 11) is 0. The first kappa shape index (κ1) is 27.5. The van der Waals surface area contributed by atoms with Crippen molar-refractivity contribution in [1.29, 1.82) is 0 Å². The van der Waals surface area contributed by atoms with E-state index in [-0.39, 0.29) is 5.91 Å². The molecule has 0 bridgehead atoms. The average Bonchev–Trinajstić information content (AvgIpc) is 3.35. The van der Waals surface area contributed by atoms with Crippen molar-refractivity contribution in [2.45, 2.75) is 52.6 Å². The van der Waals surface area contributed by atoms with Crippen LogP contribution in [0.1, 0.15) is 76.2 Å². The van der Waals surface area contributed by atoms with Gasteiger partial charge in [-0.2, -0.15) is 0 Å². The number of aliphatic carboxylic acids is 1. The van der Waals surface area contributed by atoms with Gasteiger partial charge < -0.3 is 20.3 Å². The largest absolute Gasteiger partial charge is 0.480 e. The number of nitrogens with zero attached hydrogens (tertiary/aromatic N) is 1. The second-order valence-electron chi connectivity index (χ2n) is 9.27. The van der Waals surface area contributed by atoms with Crippen LogP contribution in [-0.4, -0.2) is 34.0 Å². The summed E-state index contributed by atoms with van der Waals surface area (Å²) in [4.78, 5) is 36.2. The van der Waals surface area contributed by atoms with Gasteiger partial charge in [0.2, 0.25) is 0 Å². The third kappa shape index (κ3) is 7.93. The van der Waals surface area contributed by atoms with Gasteiger partial charge >= 0.3 is 5.97 Å². The molecular formula is C30H35N3O4. The number of hydrogen-bond donors (Lipinski definition) is 3. The first-order chi connectivity index (χ1) is 17.8. The van der Waals surface area contributed by atoms with Crippen molar-refractivity contribution in [1.82, 2.24) is 15.2 Å². The molecule has 0 saturated carbocycles. The smallest absolute Gasteiger partial charge is 0.322 e. The molecule has 0 aliphatic rings. The monoisotopic (exact) mass is 501 g/mol. The first-order valence-electron chi connectivity index (χ1n) is 12.6. The van der Waals surface area contributed by atoms with Crippen molar-refractivity contribution < 1.29 is 19.5 Å². The lowest BCUT2D eigenvalue weighted by atomic mass is 9.99. The third-order valence-corrected chi connectivity index (χ3v) is 6.07. The third-order valence-electron chi connectivity index (χ3n) is 6.07. The lowest BCUT2D eigenvalue weighted by Crippen LogP contribution is -2.30. The summed E-state index contributed by atoms with van der Waals surface area (Å²) in [6.45, 7) is 6.84. The van der Waals surface area contributed by atoms with Gasteiger partial charge in [-0.25, -0.2) is 0 Å². The molecule has 2 amide bonds. The fourth-order valence-corrected chi connectivity index (χ4v) is 4.02. The molecule has 0 fully saturated rings. The molecule has 1 heterocycles. The van der Waals surface area contributed by atoms with Crippen LogP contribution >= 0.6 is 0 Å². The van der Waals surface area contributed by atoms with E-state index in [9.17, 15) is 14.4 Å². The summed E-state index contributed by atoms with van der Waals surface area (Å²) in [6, 6.07) is 17.5. The maximum absolute atomic E-state index is 12.8. The Balaban J connectivity index is 1.64. The van der Waals surface area contributed by atoms with E-state index < -0.39 is 18.4 Å². The minimum atomic E-state index is -1.09. The molecule has 0 atom stereocenters. The highest BCUT2D eigenvalue weighted by atomic mass is 16.4. The molecule has 3 aromatic rings. The van der Waals surface area contributed by atoms with Gasteiger partial charge in [0.25, 0.3) is 11.8 Å². The highest BCUT2D eigenvalue weighted by Crippen LogP contribution is 2.17. The van der Waals surface area contributed by atoms with Gasteiger partial charge in [-0.3, -0.25) is 14.4 Å². The Labute approximate surface area is 218 Å². The molecule has 0 unspecified atom stereocenters. The maximum Gasteiger partial charge on any atom is 0.322 e. The van der Waals surface area contributed by atoms with Crippen molar-refractivity contribution in [3.63, 3.8) is 0 Å². The van der Waals surface area contributed by atoms with E-state index in [1.54, 1.807) is 12.1 Å². The standard InChI is InChI=1S/C30H35N3O4/c1-4-7-25-15-10-22(18-26(25)29(36)32-20-28(34)35)8-5-16-33-17-6-9-27(33)30(37)31-19-23-11-13-24(14-12-23)21(2)3/h5-6,8-15,17-18,21H,4,7,16,19-20H2,1-3H3,(H,31,37)(H,32,36)(H,34,35)/b8-5+. The van der Waals surface area contributed by atoms with E-state index in [2.05, 4.69) is 36.6 Å². The molecule has 194 valence electrons. The van der Waals surface area contributed by atoms with Crippen molar-refractivity contribution >= 4 is 23.9 Å². The number of allylic oxidation sites excluding steroid dienone is 1. The van der Waals surface area contributed by atoms with Crippen molar-refractivity contribution in [2.75, 3.05) is 6.54 Å². The number of aromatic nitrogens is 1. The van der Waals surface area contributed by atoms with Gasteiger partial charge in [0.15, 0.2) is 0 Å². The summed E-state index contributed by atoms with van der Waals surface area (Å²) < 4.78 is 1.86. The maximum atomic E-state index is 12.8. The van der Waals surface area contributed by atoms with Gasteiger partial charge in [-0.15, -0.1) is 0 Å². The molecule has 0 aliphatic heterocycles. The number of carboxylic acids is 1. The van der Waals surface area contributed by atoms with Crippen LogP contribution < -0.4 is 10.6 Å². The summed E-state index contributed by atoms with van der Waals surface area (Å²) >= 11 is 0. The van der Waals surface area contributed by atoms with Gasteiger partial charge in [0.1, 0.15) is 12.2 Å². The van der Waals surface area contributed by atoms with Crippen LogP contribution in [-0.2, 0) is 24.3 Å². The summed E-state index contributed by atoms with van der Waals surface area (Å²) in [5, 5.41) is 14.3. The Kier molecular flexibility index (Phi) is 9.84. The lowest BCUT2D eigenvalue weighted by Gasteiger charge is -2.11. The van der Waals surface area contributed by atoms with Crippen LogP contribution in [0.2, 0.25) is 0 Å². The predicted molar refractivity (Wildman–Crippen MR) is 146 cm³/mol. The minimum absolute atomic E-state index is 0.146. The van der Waals surface area contributed by atoms with Crippen LogP contribution in [0.3, 0.4) is 0 Å². The van der Waals surface area contributed by atoms with Gasteiger partial charge in [0.05, 0.1) is 0 Å². The summed E-state index contributed by atoms with van der Waals surface area (Å²) in [6.07, 6.45) is 7.27. The molecule has 0 spiro atoms. The molecule has 3 N–H and O–H groups in total. The fraction of sp³-hybridized carbons (Fsp3) is 0.300. The Bertz CT molecular complexity index is 1260. The number of nitrogens with one attached hydrogen (secondary N) is 2. The number of hydrogen-bond acceptors (Lipinski definition) is 3. The molecule has 3 rings (SSSR count). The van der Waals surface area contributed by atoms with E-state index in [1.165, 1.54) is 5.56 Å². The molecule has 0 saturated heterocycles. The van der Waals surface area contributed by atoms with Gasteiger partial charge in [-0.05, 0) is 52.8 Å². The van der Waals surface area contributed by atoms with Crippen molar-refractivity contribution in [3.8, 4) is 0 Å². The van der Waals surface area contributed by atoms with E-state index in [1.807, 2.05) is 60.2 Å². The van der Waals surface area contributed by atoms with Crippen LogP contribution in [0.25, 0.3) is 6.08 Å². The van der Waals surface area contributed by atoms with E-state index >= 15 is 0 Å². The second-order valence-corrected chi connectivity index (χ2v) is 9.27. The van der Waals surface area contributed by atoms with Gasteiger partial charge in [-0.1, -0.05) is 75.7 Å². The molecular weight excluding hydrogens is 466 g/mol. The number of rotatable bonds is 12. The molecule has 1 aromatic heterocycles. The fourth-order valence-electron chi connectivity index (χ4n) is 4.02. The van der Waals surface area contributed by atoms with Crippen molar-refractivity contribution in [2.24, 2.45) is 0 Å². The SMILES string of the molecule is CCCc1ccc(/C=C/Cn2cccc2C(=O)NCc2ccc(C(C)C)cc2)cc1C(=O)NCC(=O)O. The molecule has 7 heteroatoms. The van der Waals surface area contributed by atoms with Crippen molar-refractivity contribution in [3.05, 3.63) is 100 Å². The number of aryl methyl sites for hydroxylation is 1. The van der Waals surface area contributed by atoms with Crippen LogP contribution in [0.4, 0.5) is 0 Å². The normalized spacial score (nSPS) is 11.1. The number of carboxylic acid groups (broad SMARTS) is 1. The van der Waals surface area contributed by atoms with E-state index in [0.717, 1.165) is 29.5 Å². The minimum Gasteiger partial charge on any atom is -0.480 e. The molecule has 2 aromatic carbocycles. The lowest BCUT2D eigenvalue weighted by molar-refractivity contribution is -0.135. The van der Waals surface area contributed by atoms with Crippen LogP contribution in [0.15, 0.2) is 66.9 Å². The number of benzene rings is 2. The second kappa shape index (κ2) is 13.3. The first-order valence-corrected chi connectivity index (χ1v) is 12.6. The van der Waals surface area contributed by atoms with E-state index in [0.29, 0.717) is 30.3 Å². The Morgan fingerprint density at radius 3 is 2.43 bits per heavy atom. The summed E-state index contributed by atoms with van der Waals surface area (Å²) in [5.74, 6) is -1.16. The Morgan fingerprint density at radius 1 is 1.00 bits per heavy atom. The molecule has 37 heavy (non-hydrogen) atoms.